The fraction of sp³-hybridized carbons (Fsp3) is 0.455. The Bertz CT molecular complexity index is 260. The molecular formula is C11H17NO. The highest BCUT2D eigenvalue weighted by Crippen LogP contribution is 2.24. The second kappa shape index (κ2) is 4.87. The van der Waals surface area contributed by atoms with E-state index < -0.39 is 0 Å². The third kappa shape index (κ3) is 2.74. The number of nitrogens with two attached hydrogens (primary N) is 1. The summed E-state index contributed by atoms with van der Waals surface area (Å²) in [4.78, 5) is 0. The summed E-state index contributed by atoms with van der Waals surface area (Å²) in [5.74, 6) is 0.311. The third-order valence-corrected chi connectivity index (χ3v) is 2.20. The number of unbranched alkanes of at least 4 members (excludes halogenated alkanes) is 1. The molecule has 0 bridgehead atoms. The van der Waals surface area contributed by atoms with Crippen LogP contribution in [0.1, 0.15) is 37.8 Å². The maximum Gasteiger partial charge on any atom is 0.120 e. The van der Waals surface area contributed by atoms with Crippen molar-refractivity contribution in [2.24, 2.45) is 5.73 Å². The van der Waals surface area contributed by atoms with Crippen LogP contribution < -0.4 is 5.73 Å². The van der Waals surface area contributed by atoms with Gasteiger partial charge in [0.15, 0.2) is 0 Å². The van der Waals surface area contributed by atoms with Crippen LogP contribution in [0, 0.1) is 0 Å². The minimum atomic E-state index is -0.0267. The molecule has 0 heterocycles. The first kappa shape index (κ1) is 10.1. The number of phenolic OH excluding ortho intramolecular Hbond substituents is 1. The normalized spacial score (nSPS) is 12.8. The molecule has 0 aliphatic heterocycles. The standard InChI is InChI=1S/C11H17NO/c1-2-3-7-10(12)9-6-4-5-8-11(9)13/h4-6,8,10,13H,2-3,7,12H2,1H3. The first-order chi connectivity index (χ1) is 6.25. The highest BCUT2D eigenvalue weighted by Gasteiger charge is 2.08. The molecule has 0 aliphatic rings. The van der Waals surface area contributed by atoms with Crippen LogP contribution in [0.25, 0.3) is 0 Å². The van der Waals surface area contributed by atoms with Gasteiger partial charge >= 0.3 is 0 Å². The Morgan fingerprint density at radius 2 is 2.08 bits per heavy atom. The molecule has 1 rings (SSSR count). The summed E-state index contributed by atoms with van der Waals surface area (Å²) in [6, 6.07) is 7.25. The summed E-state index contributed by atoms with van der Waals surface area (Å²) in [6.07, 6.45) is 3.19. The highest BCUT2D eigenvalue weighted by molar-refractivity contribution is 5.34. The molecular weight excluding hydrogens is 162 g/mol. The van der Waals surface area contributed by atoms with Gasteiger partial charge in [0.2, 0.25) is 0 Å². The molecule has 0 spiro atoms. The molecule has 3 N–H and O–H groups in total. The maximum atomic E-state index is 9.50. The van der Waals surface area contributed by atoms with E-state index in [1.165, 1.54) is 0 Å². The molecule has 1 aromatic rings. The predicted molar refractivity (Wildman–Crippen MR) is 54.6 cm³/mol. The second-order valence-corrected chi connectivity index (χ2v) is 3.31. The van der Waals surface area contributed by atoms with E-state index in [1.807, 2.05) is 18.2 Å². The molecule has 0 saturated heterocycles. The molecule has 0 radical (unpaired) electrons. The van der Waals surface area contributed by atoms with Crippen molar-refractivity contribution in [3.05, 3.63) is 29.8 Å². The van der Waals surface area contributed by atoms with Crippen LogP contribution in [0.3, 0.4) is 0 Å². The lowest BCUT2D eigenvalue weighted by atomic mass is 10.0. The van der Waals surface area contributed by atoms with Gasteiger partial charge < -0.3 is 10.8 Å². The van der Waals surface area contributed by atoms with E-state index in [-0.39, 0.29) is 6.04 Å². The SMILES string of the molecule is CCCCC(N)c1ccccc1O. The minimum Gasteiger partial charge on any atom is -0.508 e. The van der Waals surface area contributed by atoms with Crippen molar-refractivity contribution in [2.45, 2.75) is 32.2 Å². The van der Waals surface area contributed by atoms with Gasteiger partial charge in [0, 0.05) is 11.6 Å². The van der Waals surface area contributed by atoms with Gasteiger partial charge in [-0.1, -0.05) is 38.0 Å². The van der Waals surface area contributed by atoms with E-state index in [1.54, 1.807) is 6.07 Å². The van der Waals surface area contributed by atoms with Gasteiger partial charge in [-0.15, -0.1) is 0 Å². The summed E-state index contributed by atoms with van der Waals surface area (Å²) < 4.78 is 0. The van der Waals surface area contributed by atoms with Crippen molar-refractivity contribution in [1.82, 2.24) is 0 Å². The molecule has 1 unspecified atom stereocenters. The second-order valence-electron chi connectivity index (χ2n) is 3.31. The molecule has 2 nitrogen and oxygen atoms in total. The van der Waals surface area contributed by atoms with Gasteiger partial charge in [0.05, 0.1) is 0 Å². The number of benzene rings is 1. The number of hydrogen-bond acceptors (Lipinski definition) is 2. The fourth-order valence-electron chi connectivity index (χ4n) is 1.38. The summed E-state index contributed by atoms with van der Waals surface area (Å²) in [6.45, 7) is 2.14. The van der Waals surface area contributed by atoms with Gasteiger partial charge in [-0.25, -0.2) is 0 Å². The minimum absolute atomic E-state index is 0.0267. The molecule has 0 amide bonds. The monoisotopic (exact) mass is 179 g/mol. The zero-order valence-electron chi connectivity index (χ0n) is 8.03. The van der Waals surface area contributed by atoms with Gasteiger partial charge in [-0.05, 0) is 12.5 Å². The Labute approximate surface area is 79.4 Å². The third-order valence-electron chi connectivity index (χ3n) is 2.20. The number of phenols is 1. The van der Waals surface area contributed by atoms with Gasteiger partial charge in [-0.3, -0.25) is 0 Å². The molecule has 0 aliphatic carbocycles. The Morgan fingerprint density at radius 1 is 1.38 bits per heavy atom. The van der Waals surface area contributed by atoms with Crippen LogP contribution in [-0.2, 0) is 0 Å². The van der Waals surface area contributed by atoms with E-state index in [2.05, 4.69) is 6.92 Å². The molecule has 0 fully saturated rings. The van der Waals surface area contributed by atoms with E-state index in [4.69, 9.17) is 5.73 Å². The Balaban J connectivity index is 2.65. The van der Waals surface area contributed by atoms with Crippen molar-refractivity contribution < 1.29 is 5.11 Å². The largest absolute Gasteiger partial charge is 0.508 e. The van der Waals surface area contributed by atoms with E-state index in [0.717, 1.165) is 24.8 Å². The van der Waals surface area contributed by atoms with Crippen LogP contribution in [0.5, 0.6) is 5.75 Å². The maximum absolute atomic E-state index is 9.50. The molecule has 1 aromatic carbocycles. The summed E-state index contributed by atoms with van der Waals surface area (Å²) >= 11 is 0. The molecule has 2 heteroatoms. The highest BCUT2D eigenvalue weighted by atomic mass is 16.3. The quantitative estimate of drug-likeness (QED) is 0.746. The lowest BCUT2D eigenvalue weighted by Gasteiger charge is -2.12. The van der Waals surface area contributed by atoms with Crippen molar-refractivity contribution in [3.63, 3.8) is 0 Å². The summed E-state index contributed by atoms with van der Waals surface area (Å²) in [7, 11) is 0. The fourth-order valence-corrected chi connectivity index (χ4v) is 1.38. The lowest BCUT2D eigenvalue weighted by Crippen LogP contribution is -2.09. The molecule has 0 aromatic heterocycles. The van der Waals surface area contributed by atoms with Crippen LogP contribution in [0.2, 0.25) is 0 Å². The van der Waals surface area contributed by atoms with Crippen LogP contribution in [0.15, 0.2) is 24.3 Å². The first-order valence-electron chi connectivity index (χ1n) is 4.79. The zero-order valence-corrected chi connectivity index (χ0v) is 8.03. The van der Waals surface area contributed by atoms with Crippen molar-refractivity contribution >= 4 is 0 Å². The topological polar surface area (TPSA) is 46.2 Å². The molecule has 13 heavy (non-hydrogen) atoms. The van der Waals surface area contributed by atoms with Gasteiger partial charge in [0.1, 0.15) is 5.75 Å². The lowest BCUT2D eigenvalue weighted by molar-refractivity contribution is 0.456. The zero-order chi connectivity index (χ0) is 9.68. The van der Waals surface area contributed by atoms with Gasteiger partial charge in [-0.2, -0.15) is 0 Å². The first-order valence-corrected chi connectivity index (χ1v) is 4.79. The Kier molecular flexibility index (Phi) is 3.77. The van der Waals surface area contributed by atoms with Crippen LogP contribution >= 0.6 is 0 Å². The number of para-hydroxylation sites is 1. The van der Waals surface area contributed by atoms with Crippen molar-refractivity contribution in [1.29, 1.82) is 0 Å². The summed E-state index contributed by atoms with van der Waals surface area (Å²) in [5, 5.41) is 9.50. The van der Waals surface area contributed by atoms with E-state index >= 15 is 0 Å². The number of hydrogen-bond donors (Lipinski definition) is 2. The average Bonchev–Trinajstić information content (AvgIpc) is 2.15. The average molecular weight is 179 g/mol. The van der Waals surface area contributed by atoms with Crippen LogP contribution in [0.4, 0.5) is 0 Å². The summed E-state index contributed by atoms with van der Waals surface area (Å²) in [5.41, 5.74) is 6.78. The van der Waals surface area contributed by atoms with Crippen molar-refractivity contribution in [3.8, 4) is 5.75 Å². The number of aromatic hydroxyl groups is 1. The Morgan fingerprint density at radius 3 is 2.69 bits per heavy atom. The van der Waals surface area contributed by atoms with Crippen LogP contribution in [-0.4, -0.2) is 5.11 Å². The van der Waals surface area contributed by atoms with Gasteiger partial charge in [0.25, 0.3) is 0 Å². The Hall–Kier alpha value is -1.02. The van der Waals surface area contributed by atoms with E-state index in [9.17, 15) is 5.11 Å². The predicted octanol–water partition coefficient (Wildman–Crippen LogP) is 2.58. The smallest absolute Gasteiger partial charge is 0.120 e. The number of rotatable bonds is 4. The molecule has 1 atom stereocenters. The van der Waals surface area contributed by atoms with Crippen molar-refractivity contribution in [2.75, 3.05) is 0 Å². The van der Waals surface area contributed by atoms with E-state index in [0.29, 0.717) is 5.75 Å². The molecule has 72 valence electrons. The molecule has 0 saturated carbocycles.